The molecule has 86 valence electrons. The lowest BCUT2D eigenvalue weighted by atomic mass is 10.0. The van der Waals surface area contributed by atoms with Gasteiger partial charge in [-0.15, -0.1) is 0 Å². The van der Waals surface area contributed by atoms with E-state index in [1.54, 1.807) is 0 Å². The molecule has 1 unspecified atom stereocenters. The van der Waals surface area contributed by atoms with Gasteiger partial charge >= 0.3 is 0 Å². The molecule has 2 N–H and O–H groups in total. The topological polar surface area (TPSA) is 41.6 Å². The summed E-state index contributed by atoms with van der Waals surface area (Å²) in [4.78, 5) is 6.92. The minimum Gasteiger partial charge on any atom is -0.370 e. The number of guanidine groups is 1. The monoisotopic (exact) mass is 209 g/mol. The molecule has 1 saturated carbocycles. The van der Waals surface area contributed by atoms with E-state index in [-0.39, 0.29) is 0 Å². The van der Waals surface area contributed by atoms with E-state index in [0.29, 0.717) is 6.04 Å². The quantitative estimate of drug-likeness (QED) is 0.530. The summed E-state index contributed by atoms with van der Waals surface area (Å²) in [6, 6.07) is 0.516. The molecule has 2 fully saturated rings. The van der Waals surface area contributed by atoms with Crippen LogP contribution >= 0.6 is 0 Å². The van der Waals surface area contributed by atoms with Crippen molar-refractivity contribution in [3.8, 4) is 0 Å². The summed E-state index contributed by atoms with van der Waals surface area (Å²) in [6.45, 7) is 4.50. The maximum absolute atomic E-state index is 6.07. The number of rotatable bonds is 1. The van der Waals surface area contributed by atoms with Gasteiger partial charge in [-0.05, 0) is 31.6 Å². The zero-order chi connectivity index (χ0) is 10.7. The lowest BCUT2D eigenvalue weighted by Gasteiger charge is -2.32. The molecule has 15 heavy (non-hydrogen) atoms. The second-order valence-electron chi connectivity index (χ2n) is 5.12. The molecule has 1 atom stereocenters. The van der Waals surface area contributed by atoms with Crippen LogP contribution in [0.25, 0.3) is 0 Å². The molecule has 0 radical (unpaired) electrons. The molecular weight excluding hydrogens is 186 g/mol. The number of aliphatic imine (C=N–C) groups is 1. The normalized spacial score (nSPS) is 29.8. The van der Waals surface area contributed by atoms with Gasteiger partial charge in [-0.25, -0.2) is 4.99 Å². The summed E-state index contributed by atoms with van der Waals surface area (Å²) >= 11 is 0. The smallest absolute Gasteiger partial charge is 0.191 e. The summed E-state index contributed by atoms with van der Waals surface area (Å²) in [5.41, 5.74) is 6.07. The minimum atomic E-state index is 0.516. The fraction of sp³-hybridized carbons (Fsp3) is 0.917. The fourth-order valence-corrected chi connectivity index (χ4v) is 2.70. The minimum absolute atomic E-state index is 0.516. The predicted octanol–water partition coefficient (Wildman–Crippen LogP) is 1.98. The highest BCUT2D eigenvalue weighted by Gasteiger charge is 2.20. The number of nitrogens with two attached hydrogens (primary N) is 1. The number of hydrogen-bond donors (Lipinski definition) is 1. The molecule has 1 saturated heterocycles. The first kappa shape index (κ1) is 10.8. The molecule has 2 aliphatic rings. The van der Waals surface area contributed by atoms with Crippen molar-refractivity contribution in [2.75, 3.05) is 13.1 Å². The fourth-order valence-electron chi connectivity index (χ4n) is 2.70. The van der Waals surface area contributed by atoms with Crippen LogP contribution < -0.4 is 5.73 Å². The second-order valence-corrected chi connectivity index (χ2v) is 5.12. The van der Waals surface area contributed by atoms with E-state index in [9.17, 15) is 0 Å². The number of nitrogens with zero attached hydrogens (tertiary/aromatic N) is 2. The van der Waals surface area contributed by atoms with Gasteiger partial charge in [0.2, 0.25) is 0 Å². The first-order chi connectivity index (χ1) is 7.25. The summed E-state index contributed by atoms with van der Waals surface area (Å²) in [5, 5.41) is 0. The van der Waals surface area contributed by atoms with E-state index >= 15 is 0 Å². The van der Waals surface area contributed by atoms with Gasteiger partial charge in [-0.2, -0.15) is 0 Å². The van der Waals surface area contributed by atoms with Crippen LogP contribution in [0.5, 0.6) is 0 Å². The highest BCUT2D eigenvalue weighted by molar-refractivity contribution is 5.78. The highest BCUT2D eigenvalue weighted by atomic mass is 15.3. The van der Waals surface area contributed by atoms with Crippen molar-refractivity contribution in [2.45, 2.75) is 51.5 Å². The zero-order valence-corrected chi connectivity index (χ0v) is 9.78. The Labute approximate surface area is 92.7 Å². The predicted molar refractivity (Wildman–Crippen MR) is 63.8 cm³/mol. The average Bonchev–Trinajstić information content (AvgIpc) is 2.70. The average molecular weight is 209 g/mol. The van der Waals surface area contributed by atoms with Crippen LogP contribution in [0.2, 0.25) is 0 Å². The molecule has 0 bridgehead atoms. The lowest BCUT2D eigenvalue weighted by molar-refractivity contribution is 0.269. The first-order valence-corrected chi connectivity index (χ1v) is 6.34. The van der Waals surface area contributed by atoms with Gasteiger partial charge in [0, 0.05) is 13.1 Å². The summed E-state index contributed by atoms with van der Waals surface area (Å²) in [6.07, 6.45) is 7.75. The molecule has 0 amide bonds. The molecular formula is C12H23N3. The third-order valence-corrected chi connectivity index (χ3v) is 3.62. The van der Waals surface area contributed by atoms with Crippen molar-refractivity contribution in [3.63, 3.8) is 0 Å². The van der Waals surface area contributed by atoms with E-state index < -0.39 is 0 Å². The van der Waals surface area contributed by atoms with Crippen LogP contribution in [-0.2, 0) is 0 Å². The maximum atomic E-state index is 6.07. The van der Waals surface area contributed by atoms with Crippen molar-refractivity contribution in [1.82, 2.24) is 4.90 Å². The number of likely N-dealkylation sites (tertiary alicyclic amines) is 1. The van der Waals surface area contributed by atoms with Crippen LogP contribution in [0.3, 0.4) is 0 Å². The Morgan fingerprint density at radius 1 is 1.20 bits per heavy atom. The molecule has 1 aliphatic heterocycles. The van der Waals surface area contributed by atoms with Crippen LogP contribution in [0.15, 0.2) is 4.99 Å². The molecule has 1 aliphatic carbocycles. The van der Waals surface area contributed by atoms with Crippen LogP contribution in [0.4, 0.5) is 0 Å². The van der Waals surface area contributed by atoms with E-state index in [4.69, 9.17) is 5.73 Å². The van der Waals surface area contributed by atoms with Crippen molar-refractivity contribution >= 4 is 5.96 Å². The SMILES string of the molecule is CC1CCCN(C(N)=NC2CCCC2)C1. The van der Waals surface area contributed by atoms with E-state index in [1.807, 2.05) is 0 Å². The molecule has 2 rings (SSSR count). The standard InChI is InChI=1S/C12H23N3/c1-10-5-4-8-15(9-10)12(13)14-11-6-2-3-7-11/h10-11H,2-9H2,1H3,(H2,13,14). The van der Waals surface area contributed by atoms with Gasteiger partial charge in [-0.1, -0.05) is 19.8 Å². The lowest BCUT2D eigenvalue weighted by Crippen LogP contribution is -2.44. The Morgan fingerprint density at radius 2 is 1.93 bits per heavy atom. The molecule has 0 spiro atoms. The molecule has 3 nitrogen and oxygen atoms in total. The third kappa shape index (κ3) is 2.86. The number of piperidine rings is 1. The number of hydrogen-bond acceptors (Lipinski definition) is 1. The Morgan fingerprint density at radius 3 is 2.60 bits per heavy atom. The van der Waals surface area contributed by atoms with Gasteiger partial charge < -0.3 is 10.6 Å². The second kappa shape index (κ2) is 4.86. The highest BCUT2D eigenvalue weighted by Crippen LogP contribution is 2.22. The third-order valence-electron chi connectivity index (χ3n) is 3.62. The Kier molecular flexibility index (Phi) is 3.49. The van der Waals surface area contributed by atoms with Crippen molar-refractivity contribution in [3.05, 3.63) is 0 Å². The van der Waals surface area contributed by atoms with Gasteiger partial charge in [0.05, 0.1) is 6.04 Å². The van der Waals surface area contributed by atoms with Gasteiger partial charge in [-0.3, -0.25) is 0 Å². The van der Waals surface area contributed by atoms with Crippen LogP contribution in [0.1, 0.15) is 45.4 Å². The first-order valence-electron chi connectivity index (χ1n) is 6.34. The largest absolute Gasteiger partial charge is 0.370 e. The molecule has 3 heteroatoms. The van der Waals surface area contributed by atoms with Crippen LogP contribution in [0, 0.1) is 5.92 Å². The van der Waals surface area contributed by atoms with Gasteiger partial charge in [0.25, 0.3) is 0 Å². The maximum Gasteiger partial charge on any atom is 0.191 e. The van der Waals surface area contributed by atoms with Crippen molar-refractivity contribution in [1.29, 1.82) is 0 Å². The van der Waals surface area contributed by atoms with Crippen LogP contribution in [-0.4, -0.2) is 30.0 Å². The zero-order valence-electron chi connectivity index (χ0n) is 9.78. The Bertz CT molecular complexity index is 231. The van der Waals surface area contributed by atoms with Crippen molar-refractivity contribution in [2.24, 2.45) is 16.6 Å². The van der Waals surface area contributed by atoms with Crippen molar-refractivity contribution < 1.29 is 0 Å². The van der Waals surface area contributed by atoms with Gasteiger partial charge in [0.15, 0.2) is 5.96 Å². The Hall–Kier alpha value is -0.730. The van der Waals surface area contributed by atoms with Gasteiger partial charge in [0.1, 0.15) is 0 Å². The summed E-state index contributed by atoms with van der Waals surface area (Å²) in [5.74, 6) is 1.57. The molecule has 1 heterocycles. The van der Waals surface area contributed by atoms with E-state index in [0.717, 1.165) is 25.0 Å². The summed E-state index contributed by atoms with van der Waals surface area (Å²) < 4.78 is 0. The van der Waals surface area contributed by atoms with E-state index in [1.165, 1.54) is 38.5 Å². The molecule has 0 aromatic carbocycles. The molecule has 0 aromatic heterocycles. The Balaban J connectivity index is 1.90. The van der Waals surface area contributed by atoms with E-state index in [2.05, 4.69) is 16.8 Å². The molecule has 0 aromatic rings. The summed E-state index contributed by atoms with van der Waals surface area (Å²) in [7, 11) is 0.